The van der Waals surface area contributed by atoms with Gasteiger partial charge in [0.2, 0.25) is 0 Å². The van der Waals surface area contributed by atoms with Crippen molar-refractivity contribution in [1.29, 1.82) is 0 Å². The summed E-state index contributed by atoms with van der Waals surface area (Å²) < 4.78 is 31.1. The molecule has 0 saturated carbocycles. The SMILES string of the molecule is NCc1nnc(Oc2cc(F)ccc2F)s1. The minimum Gasteiger partial charge on any atom is -0.427 e. The molecule has 84 valence electrons. The fraction of sp³-hybridized carbons (Fsp3) is 0.111. The molecule has 0 unspecified atom stereocenters. The molecule has 0 atom stereocenters. The maximum atomic E-state index is 13.2. The van der Waals surface area contributed by atoms with Crippen LogP contribution in [0.5, 0.6) is 10.9 Å². The van der Waals surface area contributed by atoms with E-state index in [1.807, 2.05) is 0 Å². The van der Waals surface area contributed by atoms with E-state index < -0.39 is 11.6 Å². The highest BCUT2D eigenvalue weighted by Gasteiger charge is 2.09. The molecule has 1 aromatic carbocycles. The van der Waals surface area contributed by atoms with Gasteiger partial charge in [0.05, 0.1) is 0 Å². The molecule has 2 rings (SSSR count). The van der Waals surface area contributed by atoms with Gasteiger partial charge in [-0.15, -0.1) is 5.10 Å². The third-order valence-electron chi connectivity index (χ3n) is 1.71. The molecule has 16 heavy (non-hydrogen) atoms. The summed E-state index contributed by atoms with van der Waals surface area (Å²) in [5, 5.41) is 8.01. The fourth-order valence-electron chi connectivity index (χ4n) is 1.01. The maximum absolute atomic E-state index is 13.2. The predicted octanol–water partition coefficient (Wildman–Crippen LogP) is 2.07. The Balaban J connectivity index is 2.22. The largest absolute Gasteiger partial charge is 0.427 e. The topological polar surface area (TPSA) is 61.0 Å². The normalized spacial score (nSPS) is 10.4. The van der Waals surface area contributed by atoms with Crippen molar-refractivity contribution < 1.29 is 13.5 Å². The number of aromatic nitrogens is 2. The monoisotopic (exact) mass is 243 g/mol. The van der Waals surface area contributed by atoms with Crippen molar-refractivity contribution in [3.05, 3.63) is 34.8 Å². The molecule has 0 saturated heterocycles. The summed E-state index contributed by atoms with van der Waals surface area (Å²) >= 11 is 1.08. The lowest BCUT2D eigenvalue weighted by atomic mass is 10.3. The average Bonchev–Trinajstić information content (AvgIpc) is 2.71. The molecule has 0 radical (unpaired) electrons. The van der Waals surface area contributed by atoms with Crippen LogP contribution in [-0.2, 0) is 6.54 Å². The number of benzene rings is 1. The zero-order chi connectivity index (χ0) is 11.5. The van der Waals surface area contributed by atoms with Crippen molar-refractivity contribution in [2.75, 3.05) is 0 Å². The maximum Gasteiger partial charge on any atom is 0.299 e. The van der Waals surface area contributed by atoms with Gasteiger partial charge >= 0.3 is 0 Å². The van der Waals surface area contributed by atoms with E-state index in [4.69, 9.17) is 10.5 Å². The Hall–Kier alpha value is -1.60. The molecule has 0 aliphatic heterocycles. The Bertz CT molecular complexity index is 503. The molecule has 0 aliphatic rings. The van der Waals surface area contributed by atoms with Crippen LogP contribution in [0.25, 0.3) is 0 Å². The molecule has 1 heterocycles. The standard InChI is InChI=1S/C9H7F2N3OS/c10-5-1-2-6(11)7(3-5)15-9-14-13-8(4-12)16-9/h1-3H,4,12H2. The second kappa shape index (κ2) is 4.50. The van der Waals surface area contributed by atoms with Gasteiger partial charge in [0.15, 0.2) is 11.6 Å². The number of nitrogens with two attached hydrogens (primary N) is 1. The van der Waals surface area contributed by atoms with Gasteiger partial charge in [-0.2, -0.15) is 0 Å². The van der Waals surface area contributed by atoms with Crippen LogP contribution in [0.1, 0.15) is 5.01 Å². The quantitative estimate of drug-likeness (QED) is 0.896. The van der Waals surface area contributed by atoms with Gasteiger partial charge in [-0.3, -0.25) is 0 Å². The summed E-state index contributed by atoms with van der Waals surface area (Å²) in [4.78, 5) is 0. The van der Waals surface area contributed by atoms with Gasteiger partial charge in [0.1, 0.15) is 10.8 Å². The van der Waals surface area contributed by atoms with E-state index in [0.717, 1.165) is 29.5 Å². The fourth-order valence-corrected chi connectivity index (χ4v) is 1.59. The molecular formula is C9H7F2N3OS. The Morgan fingerprint density at radius 2 is 2.12 bits per heavy atom. The van der Waals surface area contributed by atoms with Crippen molar-refractivity contribution in [3.63, 3.8) is 0 Å². The molecule has 0 bridgehead atoms. The first kappa shape index (κ1) is 10.9. The number of ether oxygens (including phenoxy) is 1. The van der Waals surface area contributed by atoms with Crippen molar-refractivity contribution in [1.82, 2.24) is 10.2 Å². The number of rotatable bonds is 3. The Kier molecular flexibility index (Phi) is 3.07. The summed E-state index contributed by atoms with van der Waals surface area (Å²) in [5.41, 5.74) is 5.33. The minimum atomic E-state index is -0.661. The van der Waals surface area contributed by atoms with Gasteiger partial charge in [0.25, 0.3) is 5.19 Å². The van der Waals surface area contributed by atoms with Crippen LogP contribution < -0.4 is 10.5 Å². The van der Waals surface area contributed by atoms with E-state index in [-0.39, 0.29) is 17.5 Å². The van der Waals surface area contributed by atoms with Crippen LogP contribution in [0.15, 0.2) is 18.2 Å². The van der Waals surface area contributed by atoms with Crippen LogP contribution in [-0.4, -0.2) is 10.2 Å². The molecule has 0 fully saturated rings. The Morgan fingerprint density at radius 3 is 2.81 bits per heavy atom. The van der Waals surface area contributed by atoms with Gasteiger partial charge < -0.3 is 10.5 Å². The first-order chi connectivity index (χ1) is 7.69. The van der Waals surface area contributed by atoms with Gasteiger partial charge in [-0.25, -0.2) is 8.78 Å². The molecule has 7 heteroatoms. The molecule has 4 nitrogen and oxygen atoms in total. The Morgan fingerprint density at radius 1 is 1.31 bits per heavy atom. The first-order valence-corrected chi connectivity index (χ1v) is 5.16. The summed E-state index contributed by atoms with van der Waals surface area (Å²) in [6.45, 7) is 0.229. The third-order valence-corrected chi connectivity index (χ3v) is 2.54. The van der Waals surface area contributed by atoms with Crippen molar-refractivity contribution in [3.8, 4) is 10.9 Å². The highest BCUT2D eigenvalue weighted by atomic mass is 32.1. The smallest absolute Gasteiger partial charge is 0.299 e. The second-order valence-corrected chi connectivity index (χ2v) is 3.87. The van der Waals surface area contributed by atoms with Crippen LogP contribution in [0.2, 0.25) is 0 Å². The van der Waals surface area contributed by atoms with Gasteiger partial charge in [-0.1, -0.05) is 16.4 Å². The van der Waals surface area contributed by atoms with Gasteiger partial charge in [0, 0.05) is 12.6 Å². The number of nitrogens with zero attached hydrogens (tertiary/aromatic N) is 2. The van der Waals surface area contributed by atoms with Crippen LogP contribution >= 0.6 is 11.3 Å². The molecule has 0 aliphatic carbocycles. The molecule has 1 aromatic heterocycles. The number of hydrogen-bond acceptors (Lipinski definition) is 5. The minimum absolute atomic E-state index is 0.130. The molecule has 0 spiro atoms. The predicted molar refractivity (Wildman–Crippen MR) is 54.2 cm³/mol. The molecular weight excluding hydrogens is 236 g/mol. The average molecular weight is 243 g/mol. The van der Waals surface area contributed by atoms with E-state index in [0.29, 0.717) is 5.01 Å². The zero-order valence-electron chi connectivity index (χ0n) is 7.98. The van der Waals surface area contributed by atoms with E-state index >= 15 is 0 Å². The van der Waals surface area contributed by atoms with E-state index in [9.17, 15) is 8.78 Å². The van der Waals surface area contributed by atoms with Crippen molar-refractivity contribution >= 4 is 11.3 Å². The van der Waals surface area contributed by atoms with Gasteiger partial charge in [-0.05, 0) is 12.1 Å². The lowest BCUT2D eigenvalue weighted by Crippen LogP contribution is -1.94. The second-order valence-electron chi connectivity index (χ2n) is 2.84. The highest BCUT2D eigenvalue weighted by Crippen LogP contribution is 2.27. The summed E-state index contributed by atoms with van der Waals surface area (Å²) in [5.74, 6) is -1.47. The lowest BCUT2D eigenvalue weighted by Gasteiger charge is -2.01. The van der Waals surface area contributed by atoms with E-state index in [1.165, 1.54) is 0 Å². The highest BCUT2D eigenvalue weighted by molar-refractivity contribution is 7.13. The summed E-state index contributed by atoms with van der Waals surface area (Å²) in [6.07, 6.45) is 0. The summed E-state index contributed by atoms with van der Waals surface area (Å²) in [6, 6.07) is 2.93. The third kappa shape index (κ3) is 2.31. The first-order valence-electron chi connectivity index (χ1n) is 4.34. The molecule has 2 aromatic rings. The van der Waals surface area contributed by atoms with Crippen LogP contribution in [0, 0.1) is 11.6 Å². The number of hydrogen-bond donors (Lipinski definition) is 1. The molecule has 2 N–H and O–H groups in total. The Labute approximate surface area is 93.7 Å². The van der Waals surface area contributed by atoms with Crippen molar-refractivity contribution in [2.45, 2.75) is 6.54 Å². The van der Waals surface area contributed by atoms with E-state index in [2.05, 4.69) is 10.2 Å². The molecule has 0 amide bonds. The lowest BCUT2D eigenvalue weighted by molar-refractivity contribution is 0.430. The van der Waals surface area contributed by atoms with Crippen LogP contribution in [0.3, 0.4) is 0 Å². The van der Waals surface area contributed by atoms with Crippen molar-refractivity contribution in [2.24, 2.45) is 5.73 Å². The van der Waals surface area contributed by atoms with E-state index in [1.54, 1.807) is 0 Å². The zero-order valence-corrected chi connectivity index (χ0v) is 8.80. The van der Waals surface area contributed by atoms with Crippen LogP contribution in [0.4, 0.5) is 8.78 Å². The number of halogens is 2. The summed E-state index contributed by atoms with van der Waals surface area (Å²) in [7, 11) is 0.